The zero-order valence-electron chi connectivity index (χ0n) is 12.7. The maximum absolute atomic E-state index is 12.6. The summed E-state index contributed by atoms with van der Waals surface area (Å²) >= 11 is -1.43. The number of nitrogens with zero attached hydrogens (tertiary/aromatic N) is 1. The van der Waals surface area contributed by atoms with Gasteiger partial charge in [-0.15, -0.1) is 0 Å². The second-order valence-electron chi connectivity index (χ2n) is 4.94. The number of rotatable bonds is 5. The Morgan fingerprint density at radius 3 is 2.61 bits per heavy atom. The van der Waals surface area contributed by atoms with Gasteiger partial charge in [-0.05, 0) is 30.7 Å². The van der Waals surface area contributed by atoms with E-state index < -0.39 is 17.2 Å². The molecule has 1 amide bonds. The molecule has 0 radical (unpaired) electrons. The van der Waals surface area contributed by atoms with Crippen LogP contribution in [0.4, 0.5) is 5.69 Å². The molecule has 2 atom stereocenters. The molecule has 0 saturated heterocycles. The van der Waals surface area contributed by atoms with Crippen LogP contribution in [0.2, 0.25) is 0 Å². The number of carbonyl (C=O) groups excluding carboxylic acids is 1. The van der Waals surface area contributed by atoms with Crippen LogP contribution in [0.3, 0.4) is 0 Å². The summed E-state index contributed by atoms with van der Waals surface area (Å²) in [5, 5.41) is 11.6. The maximum Gasteiger partial charge on any atom is 0.241 e. The second-order valence-corrected chi connectivity index (χ2v) is 6.42. The summed E-state index contributed by atoms with van der Waals surface area (Å²) in [4.78, 5) is 12.9. The maximum atomic E-state index is 12.6. The summed E-state index contributed by atoms with van der Waals surface area (Å²) in [5.74, 6) is -0.276. The fraction of sp³-hybridized carbons (Fsp3) is 0.176. The second kappa shape index (κ2) is 7.79. The number of anilines is 1. The van der Waals surface area contributed by atoms with Crippen molar-refractivity contribution in [2.45, 2.75) is 29.2 Å². The van der Waals surface area contributed by atoms with E-state index in [4.69, 9.17) is 11.0 Å². The highest BCUT2D eigenvalue weighted by atomic mass is 32.2. The zero-order chi connectivity index (χ0) is 16.8. The van der Waals surface area contributed by atoms with Crippen molar-refractivity contribution in [3.05, 3.63) is 54.1 Å². The van der Waals surface area contributed by atoms with Gasteiger partial charge in [0.1, 0.15) is 0 Å². The molecule has 3 N–H and O–H groups in total. The van der Waals surface area contributed by atoms with Gasteiger partial charge in [0.15, 0.2) is 9.79 Å². The van der Waals surface area contributed by atoms with Crippen molar-refractivity contribution in [1.82, 2.24) is 0 Å². The molecule has 0 heterocycles. The molecular formula is C17H17N3O2S. The van der Waals surface area contributed by atoms with Crippen molar-refractivity contribution in [2.24, 2.45) is 5.73 Å². The fourth-order valence-electron chi connectivity index (χ4n) is 1.93. The fourth-order valence-corrected chi connectivity index (χ4v) is 3.07. The highest BCUT2D eigenvalue weighted by Gasteiger charge is 2.17. The molecule has 0 aromatic heterocycles. The molecule has 6 heteroatoms. The van der Waals surface area contributed by atoms with E-state index in [1.165, 1.54) is 0 Å². The van der Waals surface area contributed by atoms with Gasteiger partial charge in [-0.1, -0.05) is 19.1 Å². The predicted octanol–water partition coefficient (Wildman–Crippen LogP) is 2.40. The van der Waals surface area contributed by atoms with Gasteiger partial charge >= 0.3 is 0 Å². The SMILES string of the molecule is CCC(N)C(=O)Nc1cccc([S+]([O-])c2cccc(C#N)c2)c1. The molecule has 5 nitrogen and oxygen atoms in total. The number of nitrogens with one attached hydrogen (secondary N) is 1. The van der Waals surface area contributed by atoms with Gasteiger partial charge in [-0.3, -0.25) is 4.79 Å². The molecule has 2 aromatic carbocycles. The van der Waals surface area contributed by atoms with Crippen LogP contribution >= 0.6 is 0 Å². The first-order valence-corrected chi connectivity index (χ1v) is 8.28. The molecule has 2 aromatic rings. The molecule has 0 aliphatic heterocycles. The standard InChI is InChI=1S/C17H17N3O2S/c1-2-16(19)17(21)20-13-6-4-8-15(10-13)23(22)14-7-3-5-12(9-14)11-18/h3-10,16H,2,19H2,1H3,(H,20,21). The molecule has 2 unspecified atom stereocenters. The van der Waals surface area contributed by atoms with E-state index in [1.807, 2.05) is 13.0 Å². The quantitative estimate of drug-likeness (QED) is 0.823. The molecular weight excluding hydrogens is 310 g/mol. The Labute approximate surface area is 138 Å². The van der Waals surface area contributed by atoms with Gasteiger partial charge in [0.05, 0.1) is 17.7 Å². The number of benzene rings is 2. The molecule has 2 rings (SSSR count). The third-order valence-corrected chi connectivity index (χ3v) is 4.63. The van der Waals surface area contributed by atoms with Crippen LogP contribution in [0.15, 0.2) is 58.3 Å². The number of carbonyl (C=O) groups is 1. The van der Waals surface area contributed by atoms with Crippen molar-refractivity contribution in [2.75, 3.05) is 5.32 Å². The summed E-state index contributed by atoms with van der Waals surface area (Å²) in [5.41, 5.74) is 6.68. The third kappa shape index (κ3) is 4.33. The number of amides is 1. The lowest BCUT2D eigenvalue weighted by Crippen LogP contribution is -2.34. The van der Waals surface area contributed by atoms with Crippen LogP contribution in [0.1, 0.15) is 18.9 Å². The van der Waals surface area contributed by atoms with Crippen LogP contribution < -0.4 is 11.1 Å². The minimum absolute atomic E-state index is 0.276. The predicted molar refractivity (Wildman–Crippen MR) is 89.2 cm³/mol. The first kappa shape index (κ1) is 17.0. The van der Waals surface area contributed by atoms with Gasteiger partial charge in [-0.2, -0.15) is 5.26 Å². The van der Waals surface area contributed by atoms with E-state index in [0.717, 1.165) is 0 Å². The van der Waals surface area contributed by atoms with E-state index >= 15 is 0 Å². The number of nitriles is 1. The molecule has 0 bridgehead atoms. The molecule has 0 aliphatic rings. The lowest BCUT2D eigenvalue weighted by Gasteiger charge is -2.13. The summed E-state index contributed by atoms with van der Waals surface area (Å²) < 4.78 is 12.6. The van der Waals surface area contributed by atoms with Crippen LogP contribution in [0.5, 0.6) is 0 Å². The minimum Gasteiger partial charge on any atom is -0.606 e. The summed E-state index contributed by atoms with van der Waals surface area (Å²) in [7, 11) is 0. The van der Waals surface area contributed by atoms with E-state index in [2.05, 4.69) is 5.32 Å². The molecule has 0 spiro atoms. The summed E-state index contributed by atoms with van der Waals surface area (Å²) in [6.07, 6.45) is 0.540. The topological polar surface area (TPSA) is 102 Å². The number of nitrogens with two attached hydrogens (primary N) is 1. The Morgan fingerprint density at radius 2 is 1.96 bits per heavy atom. The first-order valence-electron chi connectivity index (χ1n) is 7.13. The van der Waals surface area contributed by atoms with Crippen molar-refractivity contribution >= 4 is 22.8 Å². The van der Waals surface area contributed by atoms with E-state index in [-0.39, 0.29) is 5.91 Å². The first-order chi connectivity index (χ1) is 11.0. The molecule has 23 heavy (non-hydrogen) atoms. The summed E-state index contributed by atoms with van der Waals surface area (Å²) in [6.45, 7) is 1.83. The normalized spacial score (nSPS) is 13.0. The average Bonchev–Trinajstić information content (AvgIpc) is 2.60. The van der Waals surface area contributed by atoms with Crippen molar-refractivity contribution in [3.63, 3.8) is 0 Å². The Balaban J connectivity index is 2.21. The van der Waals surface area contributed by atoms with Crippen LogP contribution in [-0.4, -0.2) is 16.5 Å². The lowest BCUT2D eigenvalue weighted by molar-refractivity contribution is -0.117. The number of hydrogen-bond acceptors (Lipinski definition) is 4. The molecule has 0 aliphatic carbocycles. The van der Waals surface area contributed by atoms with Crippen molar-refractivity contribution in [3.8, 4) is 6.07 Å². The van der Waals surface area contributed by atoms with Crippen LogP contribution in [0.25, 0.3) is 0 Å². The van der Waals surface area contributed by atoms with Crippen molar-refractivity contribution in [1.29, 1.82) is 5.26 Å². The summed E-state index contributed by atoms with van der Waals surface area (Å²) in [6, 6.07) is 14.9. The van der Waals surface area contributed by atoms with E-state index in [9.17, 15) is 9.35 Å². The average molecular weight is 327 g/mol. The Hall–Kier alpha value is -2.33. The highest BCUT2D eigenvalue weighted by Crippen LogP contribution is 2.24. The largest absolute Gasteiger partial charge is 0.606 e. The Morgan fingerprint density at radius 1 is 1.30 bits per heavy atom. The van der Waals surface area contributed by atoms with Gasteiger partial charge in [0, 0.05) is 29.0 Å². The molecule has 118 valence electrons. The molecule has 0 fully saturated rings. The third-order valence-electron chi connectivity index (χ3n) is 3.27. The monoisotopic (exact) mass is 327 g/mol. The number of hydrogen-bond donors (Lipinski definition) is 2. The Bertz CT molecular complexity index is 743. The Kier molecular flexibility index (Phi) is 5.77. The highest BCUT2D eigenvalue weighted by molar-refractivity contribution is 7.91. The lowest BCUT2D eigenvalue weighted by atomic mass is 10.2. The van der Waals surface area contributed by atoms with E-state index in [0.29, 0.717) is 27.5 Å². The van der Waals surface area contributed by atoms with Crippen LogP contribution in [-0.2, 0) is 16.0 Å². The minimum atomic E-state index is -1.43. The van der Waals surface area contributed by atoms with Crippen molar-refractivity contribution < 1.29 is 9.35 Å². The smallest absolute Gasteiger partial charge is 0.241 e. The van der Waals surface area contributed by atoms with Gasteiger partial charge in [-0.25, -0.2) is 0 Å². The van der Waals surface area contributed by atoms with Gasteiger partial charge in [0.2, 0.25) is 5.91 Å². The van der Waals surface area contributed by atoms with Gasteiger partial charge < -0.3 is 15.6 Å². The van der Waals surface area contributed by atoms with E-state index in [1.54, 1.807) is 48.5 Å². The zero-order valence-corrected chi connectivity index (χ0v) is 13.5. The van der Waals surface area contributed by atoms with Crippen LogP contribution in [0, 0.1) is 11.3 Å². The van der Waals surface area contributed by atoms with Gasteiger partial charge in [0.25, 0.3) is 0 Å². The molecule has 0 saturated carbocycles.